The van der Waals surface area contributed by atoms with Crippen LogP contribution in [-0.4, -0.2) is 41.9 Å². The maximum Gasteiger partial charge on any atom is 0.270 e. The Labute approximate surface area is 168 Å². The lowest BCUT2D eigenvalue weighted by atomic mass is 9.95. The van der Waals surface area contributed by atoms with Crippen LogP contribution in [-0.2, 0) is 4.79 Å². The van der Waals surface area contributed by atoms with Crippen molar-refractivity contribution in [3.8, 4) is 0 Å². The van der Waals surface area contributed by atoms with E-state index in [1.807, 2.05) is 24.0 Å². The zero-order valence-corrected chi connectivity index (χ0v) is 16.3. The monoisotopic (exact) mass is 397 g/mol. The standard InChI is InChI=1S/C20H23N5O4/c1-13-5-3-7-18(22-13)23-19(26)14-6-4-10-24(12-14)17-9-8-15(25(28)29)11-16(17)20(27)21-2/h3,5,7-9,11,14H,4,6,10,12H2,1-2H3,(H,21,27)(H,22,23,26). The number of aryl methyl sites for hydroxylation is 1. The fourth-order valence-electron chi connectivity index (χ4n) is 3.48. The van der Waals surface area contributed by atoms with Crippen LogP contribution in [0.5, 0.6) is 0 Å². The van der Waals surface area contributed by atoms with Crippen LogP contribution >= 0.6 is 0 Å². The van der Waals surface area contributed by atoms with Gasteiger partial charge in [0.15, 0.2) is 0 Å². The van der Waals surface area contributed by atoms with Gasteiger partial charge in [0.05, 0.1) is 22.1 Å². The lowest BCUT2D eigenvalue weighted by molar-refractivity contribution is -0.384. The molecule has 0 saturated carbocycles. The van der Waals surface area contributed by atoms with E-state index >= 15 is 0 Å². The van der Waals surface area contributed by atoms with Crippen LogP contribution in [0.25, 0.3) is 0 Å². The number of nitrogens with one attached hydrogen (secondary N) is 2. The molecule has 1 unspecified atom stereocenters. The molecule has 3 rings (SSSR count). The summed E-state index contributed by atoms with van der Waals surface area (Å²) in [6, 6.07) is 9.65. The maximum atomic E-state index is 12.7. The molecule has 0 bridgehead atoms. The second-order valence-corrected chi connectivity index (χ2v) is 6.98. The number of rotatable bonds is 5. The zero-order chi connectivity index (χ0) is 21.0. The summed E-state index contributed by atoms with van der Waals surface area (Å²) in [5.41, 5.74) is 1.47. The van der Waals surface area contributed by atoms with Crippen LogP contribution in [0.3, 0.4) is 0 Å². The molecule has 1 fully saturated rings. The molecule has 1 saturated heterocycles. The molecule has 0 spiro atoms. The Morgan fingerprint density at radius 3 is 2.76 bits per heavy atom. The molecule has 0 aliphatic carbocycles. The Bertz CT molecular complexity index is 946. The predicted octanol–water partition coefficient (Wildman–Crippen LogP) is 2.51. The number of nitro groups is 1. The number of hydrogen-bond donors (Lipinski definition) is 2. The van der Waals surface area contributed by atoms with Gasteiger partial charge in [0, 0.05) is 38.0 Å². The summed E-state index contributed by atoms with van der Waals surface area (Å²) in [5, 5.41) is 16.5. The van der Waals surface area contributed by atoms with Crippen LogP contribution in [0.15, 0.2) is 36.4 Å². The summed E-state index contributed by atoms with van der Waals surface area (Å²) >= 11 is 0. The molecule has 1 aromatic carbocycles. The van der Waals surface area contributed by atoms with Crippen LogP contribution in [0, 0.1) is 23.0 Å². The van der Waals surface area contributed by atoms with Crippen molar-refractivity contribution in [1.82, 2.24) is 10.3 Å². The van der Waals surface area contributed by atoms with Gasteiger partial charge in [-0.2, -0.15) is 0 Å². The summed E-state index contributed by atoms with van der Waals surface area (Å²) < 4.78 is 0. The van der Waals surface area contributed by atoms with Crippen molar-refractivity contribution in [2.45, 2.75) is 19.8 Å². The van der Waals surface area contributed by atoms with Gasteiger partial charge in [-0.3, -0.25) is 19.7 Å². The minimum absolute atomic E-state index is 0.129. The molecule has 1 atom stereocenters. The van der Waals surface area contributed by atoms with E-state index in [4.69, 9.17) is 0 Å². The lowest BCUT2D eigenvalue weighted by Gasteiger charge is -2.34. The van der Waals surface area contributed by atoms with Gasteiger partial charge in [-0.15, -0.1) is 0 Å². The first-order valence-electron chi connectivity index (χ1n) is 9.39. The molecule has 1 aliphatic heterocycles. The van der Waals surface area contributed by atoms with Gasteiger partial charge < -0.3 is 15.5 Å². The minimum atomic E-state index is -0.530. The van der Waals surface area contributed by atoms with Crippen molar-refractivity contribution in [3.63, 3.8) is 0 Å². The van der Waals surface area contributed by atoms with Crippen LogP contribution in [0.4, 0.5) is 17.2 Å². The number of nitro benzene ring substituents is 1. The number of benzene rings is 1. The van der Waals surface area contributed by atoms with E-state index in [0.29, 0.717) is 24.6 Å². The van der Waals surface area contributed by atoms with E-state index in [9.17, 15) is 19.7 Å². The third-order valence-corrected chi connectivity index (χ3v) is 4.94. The number of nitrogens with zero attached hydrogens (tertiary/aromatic N) is 3. The average molecular weight is 397 g/mol. The van der Waals surface area contributed by atoms with E-state index in [1.165, 1.54) is 19.2 Å². The summed E-state index contributed by atoms with van der Waals surface area (Å²) in [7, 11) is 1.48. The number of amides is 2. The molecule has 2 N–H and O–H groups in total. The van der Waals surface area contributed by atoms with E-state index in [1.54, 1.807) is 12.1 Å². The van der Waals surface area contributed by atoms with Gasteiger partial charge in [-0.1, -0.05) is 6.07 Å². The summed E-state index contributed by atoms with van der Waals surface area (Å²) in [5.74, 6) is -0.303. The first kappa shape index (κ1) is 20.2. The molecule has 1 aliphatic rings. The Balaban J connectivity index is 1.80. The molecule has 9 nitrogen and oxygen atoms in total. The summed E-state index contributed by atoms with van der Waals surface area (Å²) in [6.07, 6.45) is 1.49. The molecule has 29 heavy (non-hydrogen) atoms. The van der Waals surface area contributed by atoms with Crippen molar-refractivity contribution in [1.29, 1.82) is 0 Å². The highest BCUT2D eigenvalue weighted by Gasteiger charge is 2.29. The SMILES string of the molecule is CNC(=O)c1cc([N+](=O)[O-])ccc1N1CCCC(C(=O)Nc2cccc(C)n2)C1. The molecule has 0 radical (unpaired) electrons. The molecule has 152 valence electrons. The molecule has 9 heteroatoms. The van der Waals surface area contributed by atoms with Crippen molar-refractivity contribution >= 4 is 29.0 Å². The Hall–Kier alpha value is -3.49. The van der Waals surface area contributed by atoms with Crippen molar-refractivity contribution < 1.29 is 14.5 Å². The zero-order valence-electron chi connectivity index (χ0n) is 16.3. The second-order valence-electron chi connectivity index (χ2n) is 6.98. The fraction of sp³-hybridized carbons (Fsp3) is 0.350. The summed E-state index contributed by atoms with van der Waals surface area (Å²) in [4.78, 5) is 41.8. The molecular formula is C20H23N5O4. The quantitative estimate of drug-likeness (QED) is 0.591. The fourth-order valence-corrected chi connectivity index (χ4v) is 3.48. The average Bonchev–Trinajstić information content (AvgIpc) is 2.72. The molecule has 1 aromatic heterocycles. The van der Waals surface area contributed by atoms with Gasteiger partial charge >= 0.3 is 0 Å². The third-order valence-electron chi connectivity index (χ3n) is 4.94. The first-order valence-corrected chi connectivity index (χ1v) is 9.39. The highest BCUT2D eigenvalue weighted by atomic mass is 16.6. The largest absolute Gasteiger partial charge is 0.370 e. The van der Waals surface area contributed by atoms with Gasteiger partial charge in [0.25, 0.3) is 11.6 Å². The number of carbonyl (C=O) groups is 2. The molecule has 2 amide bonds. The number of non-ortho nitro benzene ring substituents is 1. The normalized spacial score (nSPS) is 16.2. The number of carbonyl (C=O) groups excluding carboxylic acids is 2. The van der Waals surface area contributed by atoms with E-state index in [2.05, 4.69) is 15.6 Å². The Morgan fingerprint density at radius 2 is 2.07 bits per heavy atom. The molecule has 2 heterocycles. The number of hydrogen-bond acceptors (Lipinski definition) is 6. The van der Waals surface area contributed by atoms with Crippen molar-refractivity contribution in [2.75, 3.05) is 30.4 Å². The number of pyridine rings is 1. The summed E-state index contributed by atoms with van der Waals surface area (Å²) in [6.45, 7) is 2.93. The Morgan fingerprint density at radius 1 is 1.28 bits per heavy atom. The van der Waals surface area contributed by atoms with Crippen LogP contribution in [0.2, 0.25) is 0 Å². The van der Waals surface area contributed by atoms with Gasteiger partial charge in [-0.25, -0.2) is 4.98 Å². The highest BCUT2D eigenvalue weighted by molar-refractivity contribution is 6.00. The van der Waals surface area contributed by atoms with Crippen molar-refractivity contribution in [2.24, 2.45) is 5.92 Å². The number of piperidine rings is 1. The van der Waals surface area contributed by atoms with Crippen molar-refractivity contribution in [3.05, 3.63) is 57.8 Å². The van der Waals surface area contributed by atoms with Crippen LogP contribution in [0.1, 0.15) is 28.9 Å². The first-order chi connectivity index (χ1) is 13.9. The second kappa shape index (κ2) is 8.68. The predicted molar refractivity (Wildman–Crippen MR) is 109 cm³/mol. The number of anilines is 2. The van der Waals surface area contributed by atoms with Gasteiger partial charge in [0.1, 0.15) is 5.82 Å². The van der Waals surface area contributed by atoms with E-state index in [-0.39, 0.29) is 23.1 Å². The molecular weight excluding hydrogens is 374 g/mol. The molecule has 2 aromatic rings. The van der Waals surface area contributed by atoms with Gasteiger partial charge in [-0.05, 0) is 38.0 Å². The smallest absolute Gasteiger partial charge is 0.270 e. The maximum absolute atomic E-state index is 12.7. The number of aromatic nitrogens is 1. The van der Waals surface area contributed by atoms with E-state index in [0.717, 1.165) is 18.5 Å². The minimum Gasteiger partial charge on any atom is -0.370 e. The highest BCUT2D eigenvalue weighted by Crippen LogP contribution is 2.30. The topological polar surface area (TPSA) is 117 Å². The van der Waals surface area contributed by atoms with Gasteiger partial charge in [0.2, 0.25) is 5.91 Å². The Kier molecular flexibility index (Phi) is 6.06. The van der Waals surface area contributed by atoms with Crippen LogP contribution < -0.4 is 15.5 Å². The van der Waals surface area contributed by atoms with E-state index < -0.39 is 10.8 Å². The lowest BCUT2D eigenvalue weighted by Crippen LogP contribution is -2.41. The third kappa shape index (κ3) is 4.68.